The molecule has 0 heterocycles. The number of rotatable bonds is 9. The number of hydrogen-bond acceptors (Lipinski definition) is 5. The number of benzene rings is 3. The standard InChI is InChI=1S/C30H29NO6S2/c1-3-22-9-7-11-25(19-22)30(28-13-5-6-14-29(28)39(35,36)37)24-15-17-26(18-16-24)31(4-2)21-23-10-8-12-27(20-23)38(32,33)34/h5-8,10-20H,3-4,21H2,1-2H3,(H,32,33,34)(H,35,36,37). The van der Waals surface area contributed by atoms with Gasteiger partial charge in [0.05, 0.1) is 4.90 Å². The highest BCUT2D eigenvalue weighted by Crippen LogP contribution is 2.35. The van der Waals surface area contributed by atoms with Crippen molar-refractivity contribution in [2.45, 2.75) is 36.6 Å². The van der Waals surface area contributed by atoms with Crippen molar-refractivity contribution in [2.75, 3.05) is 11.4 Å². The first-order chi connectivity index (χ1) is 18.5. The Balaban J connectivity index is 1.77. The smallest absolute Gasteiger partial charge is 0.295 e. The molecule has 0 aliphatic heterocycles. The van der Waals surface area contributed by atoms with Gasteiger partial charge in [0.2, 0.25) is 0 Å². The largest absolute Gasteiger partial charge is 0.367 e. The second-order valence-corrected chi connectivity index (χ2v) is 11.8. The monoisotopic (exact) mass is 563 g/mol. The Bertz CT molecular complexity index is 1670. The first kappa shape index (κ1) is 28.5. The molecule has 1 aliphatic rings. The lowest BCUT2D eigenvalue weighted by Crippen LogP contribution is -2.22. The molecule has 0 atom stereocenters. The average molecular weight is 564 g/mol. The van der Waals surface area contributed by atoms with Crippen LogP contribution in [0.2, 0.25) is 0 Å². The van der Waals surface area contributed by atoms with Crippen LogP contribution in [0, 0.1) is 6.42 Å². The van der Waals surface area contributed by atoms with Crippen molar-refractivity contribution in [1.29, 1.82) is 0 Å². The molecular formula is C30H29NO6S2. The van der Waals surface area contributed by atoms with Crippen molar-refractivity contribution in [3.63, 3.8) is 0 Å². The van der Waals surface area contributed by atoms with Crippen LogP contribution in [0.1, 0.15) is 37.0 Å². The molecule has 2 radical (unpaired) electrons. The Morgan fingerprint density at radius 2 is 1.59 bits per heavy atom. The summed E-state index contributed by atoms with van der Waals surface area (Å²) >= 11 is 0. The van der Waals surface area contributed by atoms with Crippen LogP contribution in [0.25, 0.3) is 5.57 Å². The van der Waals surface area contributed by atoms with E-state index < -0.39 is 20.2 Å². The van der Waals surface area contributed by atoms with Gasteiger partial charge in [0.25, 0.3) is 20.2 Å². The molecule has 4 rings (SSSR count). The highest BCUT2D eigenvalue weighted by Gasteiger charge is 2.21. The molecule has 3 aromatic rings. The van der Waals surface area contributed by atoms with E-state index in [4.69, 9.17) is 0 Å². The van der Waals surface area contributed by atoms with Gasteiger partial charge in [-0.1, -0.05) is 73.2 Å². The molecule has 0 saturated carbocycles. The van der Waals surface area contributed by atoms with Crippen molar-refractivity contribution in [3.8, 4) is 0 Å². The Morgan fingerprint density at radius 1 is 0.872 bits per heavy atom. The van der Waals surface area contributed by atoms with E-state index in [1.807, 2.05) is 55.2 Å². The lowest BCUT2D eigenvalue weighted by atomic mass is 9.88. The van der Waals surface area contributed by atoms with Gasteiger partial charge in [0.1, 0.15) is 4.90 Å². The first-order valence-corrected chi connectivity index (χ1v) is 15.3. The van der Waals surface area contributed by atoms with Crippen LogP contribution in [-0.4, -0.2) is 32.5 Å². The lowest BCUT2D eigenvalue weighted by molar-refractivity contribution is 0.480. The van der Waals surface area contributed by atoms with Crippen LogP contribution < -0.4 is 4.90 Å². The Labute approximate surface area is 230 Å². The number of anilines is 1. The van der Waals surface area contributed by atoms with E-state index in [9.17, 15) is 25.9 Å². The summed E-state index contributed by atoms with van der Waals surface area (Å²) in [5.41, 5.74) is 5.15. The van der Waals surface area contributed by atoms with Crippen LogP contribution in [-0.2, 0) is 26.8 Å². The van der Waals surface area contributed by atoms with E-state index in [-0.39, 0.29) is 9.79 Å². The van der Waals surface area contributed by atoms with Crippen LogP contribution in [0.5, 0.6) is 0 Å². The van der Waals surface area contributed by atoms with E-state index in [1.165, 1.54) is 18.2 Å². The third-order valence-corrected chi connectivity index (χ3v) is 8.20. The molecule has 1 aliphatic carbocycles. The zero-order chi connectivity index (χ0) is 28.2. The van der Waals surface area contributed by atoms with Gasteiger partial charge in [0.15, 0.2) is 0 Å². The van der Waals surface area contributed by atoms with Crippen LogP contribution in [0.15, 0.2) is 112 Å². The summed E-state index contributed by atoms with van der Waals surface area (Å²) in [6.45, 7) is 5.04. The predicted molar refractivity (Wildman–Crippen MR) is 152 cm³/mol. The normalized spacial score (nSPS) is 15.1. The molecule has 39 heavy (non-hydrogen) atoms. The fourth-order valence-corrected chi connectivity index (χ4v) is 5.75. The third kappa shape index (κ3) is 6.75. The molecule has 0 unspecified atom stereocenters. The zero-order valence-electron chi connectivity index (χ0n) is 21.6. The number of hydrogen-bond donors (Lipinski definition) is 2. The maximum atomic E-state index is 12.3. The quantitative estimate of drug-likeness (QED) is 0.307. The molecular weight excluding hydrogens is 534 g/mol. The summed E-state index contributed by atoms with van der Waals surface area (Å²) in [7, 11) is -8.79. The van der Waals surface area contributed by atoms with Crippen LogP contribution in [0.3, 0.4) is 0 Å². The van der Waals surface area contributed by atoms with Crippen molar-refractivity contribution in [1.82, 2.24) is 0 Å². The Kier molecular flexibility index (Phi) is 8.56. The van der Waals surface area contributed by atoms with E-state index in [1.54, 1.807) is 36.4 Å². The zero-order valence-corrected chi connectivity index (χ0v) is 23.2. The highest BCUT2D eigenvalue weighted by atomic mass is 32.2. The molecule has 202 valence electrons. The molecule has 0 aromatic heterocycles. The lowest BCUT2D eigenvalue weighted by Gasteiger charge is -2.24. The number of allylic oxidation sites excluding steroid dienone is 5. The van der Waals surface area contributed by atoms with Gasteiger partial charge >= 0.3 is 0 Å². The van der Waals surface area contributed by atoms with Gasteiger partial charge in [-0.05, 0) is 65.9 Å². The van der Waals surface area contributed by atoms with Gasteiger partial charge in [-0.15, -0.1) is 0 Å². The van der Waals surface area contributed by atoms with Gasteiger partial charge in [-0.25, -0.2) is 0 Å². The fourth-order valence-electron chi connectivity index (χ4n) is 4.50. The van der Waals surface area contributed by atoms with E-state index in [0.29, 0.717) is 24.2 Å². The molecule has 3 aromatic carbocycles. The maximum Gasteiger partial charge on any atom is 0.295 e. The molecule has 7 nitrogen and oxygen atoms in total. The Hall–Kier alpha value is -3.50. The second kappa shape index (κ2) is 11.7. The molecule has 0 amide bonds. The van der Waals surface area contributed by atoms with Gasteiger partial charge in [-0.2, -0.15) is 16.8 Å². The highest BCUT2D eigenvalue weighted by molar-refractivity contribution is 7.86. The molecule has 2 N–H and O–H groups in total. The minimum atomic E-state index is -4.48. The van der Waals surface area contributed by atoms with E-state index in [2.05, 4.69) is 6.42 Å². The number of nitrogens with zero attached hydrogens (tertiary/aromatic N) is 1. The van der Waals surface area contributed by atoms with Gasteiger partial charge < -0.3 is 4.90 Å². The van der Waals surface area contributed by atoms with Gasteiger partial charge in [-0.3, -0.25) is 9.11 Å². The third-order valence-electron chi connectivity index (χ3n) is 6.44. The van der Waals surface area contributed by atoms with Crippen molar-refractivity contribution >= 4 is 31.5 Å². The molecule has 0 saturated heterocycles. The summed E-state index contributed by atoms with van der Waals surface area (Å²) < 4.78 is 67.0. The Morgan fingerprint density at radius 3 is 2.23 bits per heavy atom. The SMILES string of the molecule is CCC1=CC(=C(c2ccc(N(CC)Cc3cccc(S(=O)(=O)O)c3)cc2)c2ccccc2S(=O)(=O)O)C=C[C]1. The maximum absolute atomic E-state index is 12.3. The molecule has 9 heteroatoms. The van der Waals surface area contributed by atoms with Crippen LogP contribution in [0.4, 0.5) is 5.69 Å². The van der Waals surface area contributed by atoms with Crippen molar-refractivity contribution in [2.24, 2.45) is 0 Å². The first-order valence-electron chi connectivity index (χ1n) is 12.4. The molecule has 0 bridgehead atoms. The minimum absolute atomic E-state index is 0.158. The summed E-state index contributed by atoms with van der Waals surface area (Å²) in [5, 5.41) is 0. The van der Waals surface area contributed by atoms with Crippen molar-refractivity contribution in [3.05, 3.63) is 125 Å². The summed E-state index contributed by atoms with van der Waals surface area (Å²) in [6, 6.07) is 20.1. The van der Waals surface area contributed by atoms with E-state index >= 15 is 0 Å². The summed E-state index contributed by atoms with van der Waals surface area (Å²) in [4.78, 5) is 1.71. The predicted octanol–water partition coefficient (Wildman–Crippen LogP) is 6.00. The molecule has 0 spiro atoms. The summed E-state index contributed by atoms with van der Waals surface area (Å²) in [5.74, 6) is 0. The van der Waals surface area contributed by atoms with Crippen LogP contribution >= 0.6 is 0 Å². The van der Waals surface area contributed by atoms with Gasteiger partial charge in [0, 0.05) is 30.8 Å². The fraction of sp³-hybridized carbons (Fsp3) is 0.167. The second-order valence-electron chi connectivity index (χ2n) is 8.99. The molecule has 0 fully saturated rings. The average Bonchev–Trinajstić information content (AvgIpc) is 2.92. The topological polar surface area (TPSA) is 112 Å². The van der Waals surface area contributed by atoms with E-state index in [0.717, 1.165) is 34.4 Å². The summed E-state index contributed by atoms with van der Waals surface area (Å²) in [6.07, 6.45) is 9.57. The van der Waals surface area contributed by atoms with Crippen molar-refractivity contribution < 1.29 is 25.9 Å². The minimum Gasteiger partial charge on any atom is -0.367 e.